The number of fused-ring (bicyclic) bond motifs is 1. The molecule has 0 atom stereocenters. The van der Waals surface area contributed by atoms with Gasteiger partial charge in [-0.15, -0.1) is 0 Å². The molecule has 0 N–H and O–H groups in total. The van der Waals surface area contributed by atoms with Crippen molar-refractivity contribution < 1.29 is 33.3 Å². The summed E-state index contributed by atoms with van der Waals surface area (Å²) in [7, 11) is 6.57. The molecule has 140 valence electrons. The van der Waals surface area contributed by atoms with Gasteiger partial charge >= 0.3 is 0 Å². The Hall–Kier alpha value is -1.60. The van der Waals surface area contributed by atoms with Crippen LogP contribution in [0.5, 0.6) is 0 Å². The average molecular weight is 465 g/mol. The van der Waals surface area contributed by atoms with Crippen molar-refractivity contribution in [1.82, 2.24) is 4.90 Å². The van der Waals surface area contributed by atoms with Crippen molar-refractivity contribution in [1.29, 1.82) is 0 Å². The standard InChI is InChI=1S/C21H28N3O.HI/c1-24(2,3)17-9-14-22-15-16-23(18-10-5-4-6-11-18)20-13-8-7-12-19(20)21(22)25;/h4-8,10-13H,9,14-17H2,1-3H3;1H/q+1;/p-1. The van der Waals surface area contributed by atoms with Crippen LogP contribution in [0.15, 0.2) is 54.6 Å². The maximum absolute atomic E-state index is 13.1. The Morgan fingerprint density at radius 1 is 0.923 bits per heavy atom. The van der Waals surface area contributed by atoms with Crippen LogP contribution in [0, 0.1) is 0 Å². The van der Waals surface area contributed by atoms with Crippen LogP contribution < -0.4 is 28.9 Å². The molecule has 5 heteroatoms. The highest BCUT2D eigenvalue weighted by Crippen LogP contribution is 2.31. The second kappa shape index (κ2) is 8.86. The van der Waals surface area contributed by atoms with Crippen LogP contribution in [0.2, 0.25) is 0 Å². The molecule has 0 spiro atoms. The molecule has 0 saturated heterocycles. The minimum Gasteiger partial charge on any atom is -1.00 e. The number of hydrogen-bond acceptors (Lipinski definition) is 2. The summed E-state index contributed by atoms with van der Waals surface area (Å²) in [5, 5.41) is 0. The number of nitrogens with zero attached hydrogens (tertiary/aromatic N) is 3. The first-order chi connectivity index (χ1) is 12.0. The van der Waals surface area contributed by atoms with E-state index in [1.165, 1.54) is 0 Å². The van der Waals surface area contributed by atoms with E-state index in [0.29, 0.717) is 0 Å². The topological polar surface area (TPSA) is 23.6 Å². The second-order valence-electron chi connectivity index (χ2n) is 7.66. The third-order valence-electron chi connectivity index (χ3n) is 4.63. The van der Waals surface area contributed by atoms with Gasteiger partial charge in [0.1, 0.15) is 0 Å². The van der Waals surface area contributed by atoms with Gasteiger partial charge in [-0.1, -0.05) is 30.3 Å². The van der Waals surface area contributed by atoms with Crippen molar-refractivity contribution in [3.05, 3.63) is 60.2 Å². The smallest absolute Gasteiger partial charge is 0.256 e. The summed E-state index contributed by atoms with van der Waals surface area (Å²) in [6, 6.07) is 18.3. The molecule has 1 aliphatic heterocycles. The van der Waals surface area contributed by atoms with E-state index in [1.54, 1.807) is 0 Å². The number of amides is 1. The molecular formula is C21H28IN3O. The summed E-state index contributed by atoms with van der Waals surface area (Å²) in [5.41, 5.74) is 2.94. The molecule has 2 aromatic carbocycles. The first kappa shape index (κ1) is 20.7. The highest BCUT2D eigenvalue weighted by molar-refractivity contribution is 6.01. The Bertz CT molecular complexity index is 728. The molecular weight excluding hydrogens is 437 g/mol. The van der Waals surface area contributed by atoms with Gasteiger partial charge < -0.3 is 38.3 Å². The fourth-order valence-electron chi connectivity index (χ4n) is 3.33. The number of benzene rings is 2. The SMILES string of the molecule is C[N+](C)(C)CCCN1CCN(c2ccccc2)c2ccccc2C1=O.[I-]. The van der Waals surface area contributed by atoms with Crippen molar-refractivity contribution in [2.75, 3.05) is 52.2 Å². The van der Waals surface area contributed by atoms with Gasteiger partial charge in [0.05, 0.1) is 38.9 Å². The number of anilines is 2. The van der Waals surface area contributed by atoms with Gasteiger partial charge in [-0.25, -0.2) is 0 Å². The molecule has 3 rings (SSSR count). The summed E-state index contributed by atoms with van der Waals surface area (Å²) >= 11 is 0. The highest BCUT2D eigenvalue weighted by atomic mass is 127. The lowest BCUT2D eigenvalue weighted by molar-refractivity contribution is -0.870. The third kappa shape index (κ3) is 4.98. The van der Waals surface area contributed by atoms with Gasteiger partial charge in [-0.3, -0.25) is 4.79 Å². The van der Waals surface area contributed by atoms with Crippen molar-refractivity contribution >= 4 is 17.3 Å². The molecule has 4 nitrogen and oxygen atoms in total. The number of halogens is 1. The molecule has 0 bridgehead atoms. The molecule has 1 aliphatic rings. The van der Waals surface area contributed by atoms with Crippen LogP contribution in [0.4, 0.5) is 11.4 Å². The van der Waals surface area contributed by atoms with Gasteiger partial charge in [-0.2, -0.15) is 0 Å². The fraction of sp³-hybridized carbons (Fsp3) is 0.381. The Morgan fingerprint density at radius 3 is 2.27 bits per heavy atom. The van der Waals surface area contributed by atoms with Crippen molar-refractivity contribution in [2.24, 2.45) is 0 Å². The molecule has 0 unspecified atom stereocenters. The maximum Gasteiger partial charge on any atom is 0.256 e. The summed E-state index contributed by atoms with van der Waals surface area (Å²) in [5.74, 6) is 0.149. The zero-order valence-electron chi connectivity index (χ0n) is 15.9. The summed E-state index contributed by atoms with van der Waals surface area (Å²) in [6.45, 7) is 3.44. The van der Waals surface area contributed by atoms with E-state index >= 15 is 0 Å². The highest BCUT2D eigenvalue weighted by Gasteiger charge is 2.26. The quantitative estimate of drug-likeness (QED) is 0.471. The molecule has 0 radical (unpaired) electrons. The van der Waals surface area contributed by atoms with E-state index in [2.05, 4.69) is 44.2 Å². The molecule has 26 heavy (non-hydrogen) atoms. The van der Waals surface area contributed by atoms with Gasteiger partial charge in [0.2, 0.25) is 0 Å². The van der Waals surface area contributed by atoms with E-state index < -0.39 is 0 Å². The third-order valence-corrected chi connectivity index (χ3v) is 4.63. The average Bonchev–Trinajstić information content (AvgIpc) is 2.73. The molecule has 2 aromatic rings. The number of para-hydroxylation sites is 2. The Labute approximate surface area is 174 Å². The number of hydrogen-bond donors (Lipinski definition) is 0. The Morgan fingerprint density at radius 2 is 1.58 bits per heavy atom. The van der Waals surface area contributed by atoms with Gasteiger partial charge in [-0.05, 0) is 24.3 Å². The number of quaternary nitrogens is 1. The van der Waals surface area contributed by atoms with Crippen LogP contribution in [-0.2, 0) is 0 Å². The molecule has 0 aromatic heterocycles. The van der Waals surface area contributed by atoms with Crippen LogP contribution in [0.1, 0.15) is 16.8 Å². The minimum atomic E-state index is 0. The van der Waals surface area contributed by atoms with E-state index in [1.807, 2.05) is 41.3 Å². The largest absolute Gasteiger partial charge is 1.00 e. The van der Waals surface area contributed by atoms with Crippen LogP contribution >= 0.6 is 0 Å². The maximum atomic E-state index is 13.1. The first-order valence-corrected chi connectivity index (χ1v) is 8.97. The normalized spacial score (nSPS) is 14.5. The number of rotatable bonds is 5. The lowest BCUT2D eigenvalue weighted by Gasteiger charge is -2.27. The molecule has 0 saturated carbocycles. The number of carbonyl (C=O) groups excluding carboxylic acids is 1. The van der Waals surface area contributed by atoms with E-state index in [-0.39, 0.29) is 29.9 Å². The van der Waals surface area contributed by atoms with Crippen LogP contribution in [-0.4, -0.2) is 62.6 Å². The predicted molar refractivity (Wildman–Crippen MR) is 103 cm³/mol. The monoisotopic (exact) mass is 465 g/mol. The van der Waals surface area contributed by atoms with E-state index in [9.17, 15) is 4.79 Å². The molecule has 1 amide bonds. The van der Waals surface area contributed by atoms with E-state index in [0.717, 1.165) is 54.0 Å². The minimum absolute atomic E-state index is 0. The summed E-state index contributed by atoms with van der Waals surface area (Å²) in [6.07, 6.45) is 1.02. The first-order valence-electron chi connectivity index (χ1n) is 8.97. The van der Waals surface area contributed by atoms with Crippen molar-refractivity contribution in [3.8, 4) is 0 Å². The van der Waals surface area contributed by atoms with Gasteiger partial charge in [0, 0.05) is 31.7 Å². The second-order valence-corrected chi connectivity index (χ2v) is 7.66. The molecule has 1 heterocycles. The lowest BCUT2D eigenvalue weighted by Crippen LogP contribution is -3.00. The van der Waals surface area contributed by atoms with Crippen molar-refractivity contribution in [2.45, 2.75) is 6.42 Å². The predicted octanol–water partition coefficient (Wildman–Crippen LogP) is 0.381. The zero-order valence-corrected chi connectivity index (χ0v) is 18.0. The lowest BCUT2D eigenvalue weighted by atomic mass is 10.1. The summed E-state index contributed by atoms with van der Waals surface area (Å²) in [4.78, 5) is 17.3. The van der Waals surface area contributed by atoms with Gasteiger partial charge in [0.15, 0.2) is 0 Å². The zero-order chi connectivity index (χ0) is 17.9. The van der Waals surface area contributed by atoms with Crippen LogP contribution in [0.25, 0.3) is 0 Å². The van der Waals surface area contributed by atoms with Crippen LogP contribution in [0.3, 0.4) is 0 Å². The van der Waals surface area contributed by atoms with E-state index in [4.69, 9.17) is 0 Å². The van der Waals surface area contributed by atoms with Crippen molar-refractivity contribution in [3.63, 3.8) is 0 Å². The molecule has 0 aliphatic carbocycles. The summed E-state index contributed by atoms with van der Waals surface area (Å²) < 4.78 is 0.925. The van der Waals surface area contributed by atoms with Gasteiger partial charge in [0.25, 0.3) is 5.91 Å². The molecule has 0 fully saturated rings. The fourth-order valence-corrected chi connectivity index (χ4v) is 3.33. The number of carbonyl (C=O) groups is 1. The Kier molecular flexibility index (Phi) is 7.06. The Balaban J connectivity index is 0.00000243.